The van der Waals surface area contributed by atoms with Crippen LogP contribution in [0.15, 0.2) is 54.9 Å². The molecule has 0 unspecified atom stereocenters. The maximum atomic E-state index is 4.08. The van der Waals surface area contributed by atoms with Crippen molar-refractivity contribution in [3.8, 4) is 0 Å². The summed E-state index contributed by atoms with van der Waals surface area (Å²) in [4.78, 5) is 6.57. The smallest absolute Gasteiger partial charge is 0.0366 e. The highest BCUT2D eigenvalue weighted by Crippen LogP contribution is 2.21. The summed E-state index contributed by atoms with van der Waals surface area (Å²) >= 11 is 0. The lowest BCUT2D eigenvalue weighted by molar-refractivity contribution is 0.381. The lowest BCUT2D eigenvalue weighted by atomic mass is 10.0. The van der Waals surface area contributed by atoms with Crippen molar-refractivity contribution in [1.29, 1.82) is 0 Å². The van der Waals surface area contributed by atoms with Gasteiger partial charge in [0, 0.05) is 43.3 Å². The number of pyridine rings is 1. The van der Waals surface area contributed by atoms with E-state index < -0.39 is 0 Å². The molecule has 3 rings (SSSR count). The average molecular weight is 281 g/mol. The first kappa shape index (κ1) is 14.1. The Labute approximate surface area is 127 Å². The van der Waals surface area contributed by atoms with Crippen molar-refractivity contribution in [3.63, 3.8) is 0 Å². The van der Waals surface area contributed by atoms with Gasteiger partial charge in [-0.3, -0.25) is 4.98 Å². The van der Waals surface area contributed by atoms with Crippen molar-refractivity contribution in [2.45, 2.75) is 31.8 Å². The average Bonchev–Trinajstić information content (AvgIpc) is 2.57. The molecule has 1 atom stereocenters. The minimum absolute atomic E-state index is 0.390. The Bertz CT molecular complexity index is 533. The number of nitrogens with one attached hydrogen (secondary N) is 1. The van der Waals surface area contributed by atoms with Gasteiger partial charge >= 0.3 is 0 Å². The van der Waals surface area contributed by atoms with Crippen molar-refractivity contribution in [2.75, 3.05) is 18.0 Å². The van der Waals surface area contributed by atoms with E-state index in [0.29, 0.717) is 12.1 Å². The molecule has 0 amide bonds. The number of hydrogen-bond donors (Lipinski definition) is 1. The summed E-state index contributed by atoms with van der Waals surface area (Å²) in [5.41, 5.74) is 2.66. The molecule has 1 aromatic heterocycles. The first-order chi connectivity index (χ1) is 10.3. The van der Waals surface area contributed by atoms with Gasteiger partial charge in [0.1, 0.15) is 0 Å². The first-order valence-corrected chi connectivity index (χ1v) is 7.79. The van der Waals surface area contributed by atoms with Crippen molar-refractivity contribution in [2.24, 2.45) is 0 Å². The van der Waals surface area contributed by atoms with Crippen LogP contribution in [0.4, 0.5) is 5.69 Å². The molecule has 1 aliphatic rings. The highest BCUT2D eigenvalue weighted by Gasteiger charge is 2.20. The molecule has 0 saturated carbocycles. The highest BCUT2D eigenvalue weighted by molar-refractivity contribution is 5.46. The lowest BCUT2D eigenvalue weighted by Gasteiger charge is -2.35. The molecule has 0 spiro atoms. The number of nitrogens with zero attached hydrogens (tertiary/aromatic N) is 2. The molecule has 0 bridgehead atoms. The van der Waals surface area contributed by atoms with Gasteiger partial charge in [-0.05, 0) is 49.6 Å². The predicted octanol–water partition coefficient (Wildman–Crippen LogP) is 3.40. The third-order valence-corrected chi connectivity index (χ3v) is 4.31. The summed E-state index contributed by atoms with van der Waals surface area (Å²) in [6, 6.07) is 15.9. The monoisotopic (exact) mass is 281 g/mol. The van der Waals surface area contributed by atoms with Gasteiger partial charge in [-0.15, -0.1) is 0 Å². The number of hydrogen-bond acceptors (Lipinski definition) is 3. The molecule has 2 heterocycles. The van der Waals surface area contributed by atoms with E-state index in [2.05, 4.69) is 64.6 Å². The largest absolute Gasteiger partial charge is 0.371 e. The maximum Gasteiger partial charge on any atom is 0.0366 e. The summed E-state index contributed by atoms with van der Waals surface area (Å²) in [5, 5.41) is 3.75. The molecule has 1 aliphatic heterocycles. The zero-order chi connectivity index (χ0) is 14.5. The molecule has 2 aromatic rings. The fraction of sp³-hybridized carbons (Fsp3) is 0.389. The van der Waals surface area contributed by atoms with Crippen LogP contribution in [0.5, 0.6) is 0 Å². The van der Waals surface area contributed by atoms with Crippen molar-refractivity contribution < 1.29 is 0 Å². The normalized spacial score (nSPS) is 17.7. The zero-order valence-electron chi connectivity index (χ0n) is 12.6. The van der Waals surface area contributed by atoms with Crippen LogP contribution in [0.1, 0.15) is 31.4 Å². The molecule has 1 N–H and O–H groups in total. The molecular weight excluding hydrogens is 258 g/mol. The number of aromatic nitrogens is 1. The second kappa shape index (κ2) is 6.72. The van der Waals surface area contributed by atoms with Crippen LogP contribution < -0.4 is 10.2 Å². The summed E-state index contributed by atoms with van der Waals surface area (Å²) < 4.78 is 0. The maximum absolute atomic E-state index is 4.08. The van der Waals surface area contributed by atoms with Crippen molar-refractivity contribution in [3.05, 3.63) is 60.4 Å². The Kier molecular flexibility index (Phi) is 4.51. The van der Waals surface area contributed by atoms with E-state index in [9.17, 15) is 0 Å². The Balaban J connectivity index is 1.52. The molecule has 1 saturated heterocycles. The van der Waals surface area contributed by atoms with Crippen molar-refractivity contribution >= 4 is 5.69 Å². The summed E-state index contributed by atoms with van der Waals surface area (Å²) in [7, 11) is 0. The number of piperidine rings is 1. The van der Waals surface area contributed by atoms with Crippen LogP contribution >= 0.6 is 0 Å². The predicted molar refractivity (Wildman–Crippen MR) is 87.5 cm³/mol. The molecule has 0 radical (unpaired) electrons. The SMILES string of the molecule is C[C@@H](NC1CCN(c2ccccc2)CC1)c1ccncc1. The third kappa shape index (κ3) is 3.61. The standard InChI is InChI=1S/C18H23N3/c1-15(16-7-11-19-12-8-16)20-17-9-13-21(14-10-17)18-5-3-2-4-6-18/h2-8,11-12,15,17,20H,9-10,13-14H2,1H3/t15-/m1/s1. The quantitative estimate of drug-likeness (QED) is 0.931. The van der Waals surface area contributed by atoms with Gasteiger partial charge in [-0.2, -0.15) is 0 Å². The van der Waals surface area contributed by atoms with Crippen LogP contribution in [0.25, 0.3) is 0 Å². The number of rotatable bonds is 4. The van der Waals surface area contributed by atoms with Gasteiger partial charge in [0.2, 0.25) is 0 Å². The molecule has 3 heteroatoms. The van der Waals surface area contributed by atoms with Gasteiger partial charge in [0.25, 0.3) is 0 Å². The van der Waals surface area contributed by atoms with Gasteiger partial charge in [0.05, 0.1) is 0 Å². The van der Waals surface area contributed by atoms with Gasteiger partial charge < -0.3 is 10.2 Å². The van der Waals surface area contributed by atoms with E-state index in [4.69, 9.17) is 0 Å². The second-order valence-electron chi connectivity index (χ2n) is 5.77. The molecule has 3 nitrogen and oxygen atoms in total. The third-order valence-electron chi connectivity index (χ3n) is 4.31. The van der Waals surface area contributed by atoms with Gasteiger partial charge in [-0.25, -0.2) is 0 Å². The number of benzene rings is 1. The topological polar surface area (TPSA) is 28.2 Å². The van der Waals surface area contributed by atoms with Gasteiger partial charge in [0.15, 0.2) is 0 Å². The van der Waals surface area contributed by atoms with Crippen molar-refractivity contribution in [1.82, 2.24) is 10.3 Å². The van der Waals surface area contributed by atoms with E-state index in [0.717, 1.165) is 13.1 Å². The molecule has 1 fully saturated rings. The fourth-order valence-electron chi connectivity index (χ4n) is 3.05. The van der Waals surface area contributed by atoms with Crippen LogP contribution in [0.3, 0.4) is 0 Å². The Morgan fingerprint density at radius 1 is 1.05 bits per heavy atom. The van der Waals surface area contributed by atoms with Crippen LogP contribution in [-0.4, -0.2) is 24.1 Å². The number of anilines is 1. The molecule has 0 aliphatic carbocycles. The Hall–Kier alpha value is -1.87. The Morgan fingerprint density at radius 3 is 2.38 bits per heavy atom. The van der Waals surface area contributed by atoms with E-state index >= 15 is 0 Å². The highest BCUT2D eigenvalue weighted by atomic mass is 15.1. The summed E-state index contributed by atoms with van der Waals surface area (Å²) in [6.07, 6.45) is 6.13. The van der Waals surface area contributed by atoms with Crippen LogP contribution in [0.2, 0.25) is 0 Å². The summed E-state index contributed by atoms with van der Waals surface area (Å²) in [5.74, 6) is 0. The Morgan fingerprint density at radius 2 is 1.71 bits per heavy atom. The van der Waals surface area contributed by atoms with Gasteiger partial charge in [-0.1, -0.05) is 18.2 Å². The van der Waals surface area contributed by atoms with E-state index in [1.165, 1.54) is 24.1 Å². The number of para-hydroxylation sites is 1. The van der Waals surface area contributed by atoms with E-state index in [1.54, 1.807) is 0 Å². The lowest BCUT2D eigenvalue weighted by Crippen LogP contribution is -2.43. The van der Waals surface area contributed by atoms with E-state index in [-0.39, 0.29) is 0 Å². The molecule has 110 valence electrons. The summed E-state index contributed by atoms with van der Waals surface area (Å²) in [6.45, 7) is 4.49. The van der Waals surface area contributed by atoms with Crippen LogP contribution in [-0.2, 0) is 0 Å². The zero-order valence-corrected chi connectivity index (χ0v) is 12.6. The minimum Gasteiger partial charge on any atom is -0.371 e. The van der Waals surface area contributed by atoms with E-state index in [1.807, 2.05) is 12.4 Å². The molecular formula is C18H23N3. The molecule has 21 heavy (non-hydrogen) atoms. The minimum atomic E-state index is 0.390. The second-order valence-corrected chi connectivity index (χ2v) is 5.77. The van der Waals surface area contributed by atoms with Crippen LogP contribution in [0, 0.1) is 0 Å². The fourth-order valence-corrected chi connectivity index (χ4v) is 3.05. The molecule has 1 aromatic carbocycles. The first-order valence-electron chi connectivity index (χ1n) is 7.79.